The quantitative estimate of drug-likeness (QED) is 0.683. The molecule has 0 aromatic carbocycles. The van der Waals surface area contributed by atoms with Gasteiger partial charge in [0.1, 0.15) is 0 Å². The molecule has 1 aromatic heterocycles. The molecule has 13 heavy (non-hydrogen) atoms. The molecular weight excluding hydrogens is 204 g/mol. The predicted molar refractivity (Wildman–Crippen MR) is 57.7 cm³/mol. The first-order valence-electron chi connectivity index (χ1n) is 4.17. The van der Waals surface area contributed by atoms with Crippen LogP contribution in [0.5, 0.6) is 0 Å². The standard InChI is InChI=1S/C10H13ClOS/c1-10(2,3)6-7(12)8-4-5-9(11)13-8/h4-5H,6H2,1-3H3. The van der Waals surface area contributed by atoms with Gasteiger partial charge in [-0.05, 0) is 17.5 Å². The van der Waals surface area contributed by atoms with Crippen LogP contribution in [0.4, 0.5) is 0 Å². The number of hydrogen-bond acceptors (Lipinski definition) is 2. The molecule has 0 N–H and O–H groups in total. The summed E-state index contributed by atoms with van der Waals surface area (Å²) in [5.41, 5.74) is 0.0492. The Kier molecular flexibility index (Phi) is 3.14. The fourth-order valence-corrected chi connectivity index (χ4v) is 2.01. The van der Waals surface area contributed by atoms with Crippen LogP contribution >= 0.6 is 22.9 Å². The molecule has 0 fully saturated rings. The van der Waals surface area contributed by atoms with E-state index >= 15 is 0 Å². The van der Waals surface area contributed by atoms with Crippen LogP contribution in [0, 0.1) is 5.41 Å². The Bertz CT molecular complexity index is 309. The molecule has 0 atom stereocenters. The van der Waals surface area contributed by atoms with Gasteiger partial charge < -0.3 is 0 Å². The molecule has 0 unspecified atom stereocenters. The minimum Gasteiger partial charge on any atom is -0.293 e. The monoisotopic (exact) mass is 216 g/mol. The number of hydrogen-bond donors (Lipinski definition) is 0. The Morgan fingerprint density at radius 2 is 2.08 bits per heavy atom. The van der Waals surface area contributed by atoms with Gasteiger partial charge >= 0.3 is 0 Å². The maximum absolute atomic E-state index is 11.6. The molecule has 0 saturated heterocycles. The summed E-state index contributed by atoms with van der Waals surface area (Å²) >= 11 is 7.09. The molecule has 1 rings (SSSR count). The molecule has 0 bridgehead atoms. The zero-order valence-corrected chi connectivity index (χ0v) is 9.63. The fourth-order valence-electron chi connectivity index (χ4n) is 1.03. The lowest BCUT2D eigenvalue weighted by molar-refractivity contribution is 0.0944. The summed E-state index contributed by atoms with van der Waals surface area (Å²) in [6.07, 6.45) is 0.573. The van der Waals surface area contributed by atoms with Gasteiger partial charge in [-0.1, -0.05) is 32.4 Å². The highest BCUT2D eigenvalue weighted by molar-refractivity contribution is 7.18. The van der Waals surface area contributed by atoms with Crippen LogP contribution in [0.3, 0.4) is 0 Å². The van der Waals surface area contributed by atoms with Crippen LogP contribution in [0.15, 0.2) is 12.1 Å². The van der Waals surface area contributed by atoms with E-state index in [0.717, 1.165) is 4.88 Å². The summed E-state index contributed by atoms with van der Waals surface area (Å²) < 4.78 is 0.678. The maximum atomic E-state index is 11.6. The van der Waals surface area contributed by atoms with Crippen molar-refractivity contribution in [3.8, 4) is 0 Å². The van der Waals surface area contributed by atoms with Gasteiger partial charge in [-0.25, -0.2) is 0 Å². The smallest absolute Gasteiger partial charge is 0.173 e. The Morgan fingerprint density at radius 3 is 2.46 bits per heavy atom. The molecule has 0 aliphatic heterocycles. The van der Waals surface area contributed by atoms with Crippen molar-refractivity contribution >= 4 is 28.7 Å². The SMILES string of the molecule is CC(C)(C)CC(=O)c1ccc(Cl)s1. The van der Waals surface area contributed by atoms with Crippen LogP contribution in [-0.4, -0.2) is 5.78 Å². The molecular formula is C10H13ClOS. The summed E-state index contributed by atoms with van der Waals surface area (Å²) in [7, 11) is 0. The van der Waals surface area contributed by atoms with Gasteiger partial charge in [-0.2, -0.15) is 0 Å². The molecule has 1 heterocycles. The second-order valence-electron chi connectivity index (χ2n) is 4.26. The van der Waals surface area contributed by atoms with Crippen molar-refractivity contribution in [1.82, 2.24) is 0 Å². The normalized spacial score (nSPS) is 11.7. The van der Waals surface area contributed by atoms with Gasteiger partial charge in [0, 0.05) is 6.42 Å². The summed E-state index contributed by atoms with van der Waals surface area (Å²) in [6, 6.07) is 3.56. The van der Waals surface area contributed by atoms with E-state index in [-0.39, 0.29) is 11.2 Å². The van der Waals surface area contributed by atoms with E-state index in [4.69, 9.17) is 11.6 Å². The van der Waals surface area contributed by atoms with E-state index in [1.54, 1.807) is 12.1 Å². The van der Waals surface area contributed by atoms with Crippen molar-refractivity contribution in [2.24, 2.45) is 5.41 Å². The van der Waals surface area contributed by atoms with Gasteiger partial charge in [0.2, 0.25) is 0 Å². The molecule has 0 radical (unpaired) electrons. The van der Waals surface area contributed by atoms with Gasteiger partial charge in [-0.3, -0.25) is 4.79 Å². The highest BCUT2D eigenvalue weighted by Crippen LogP contribution is 2.27. The number of rotatable bonds is 2. The Hall–Kier alpha value is -0.340. The largest absolute Gasteiger partial charge is 0.293 e. The van der Waals surface area contributed by atoms with Crippen LogP contribution < -0.4 is 0 Å². The molecule has 72 valence electrons. The van der Waals surface area contributed by atoms with Crippen molar-refractivity contribution in [2.75, 3.05) is 0 Å². The fraction of sp³-hybridized carbons (Fsp3) is 0.500. The number of ketones is 1. The van der Waals surface area contributed by atoms with Gasteiger partial charge in [0.05, 0.1) is 9.21 Å². The van der Waals surface area contributed by atoms with Crippen molar-refractivity contribution in [2.45, 2.75) is 27.2 Å². The molecule has 1 aromatic rings. The zero-order chi connectivity index (χ0) is 10.1. The number of Topliss-reactive ketones (excluding diaryl/α,β-unsaturated/α-hetero) is 1. The van der Waals surface area contributed by atoms with Crippen molar-refractivity contribution in [1.29, 1.82) is 0 Å². The number of thiophene rings is 1. The highest BCUT2D eigenvalue weighted by Gasteiger charge is 2.18. The molecule has 0 aliphatic rings. The maximum Gasteiger partial charge on any atom is 0.173 e. The van der Waals surface area contributed by atoms with E-state index in [9.17, 15) is 4.79 Å². The van der Waals surface area contributed by atoms with E-state index in [2.05, 4.69) is 20.8 Å². The van der Waals surface area contributed by atoms with E-state index in [0.29, 0.717) is 10.8 Å². The zero-order valence-electron chi connectivity index (χ0n) is 8.06. The van der Waals surface area contributed by atoms with Crippen molar-refractivity contribution < 1.29 is 4.79 Å². The molecule has 0 saturated carbocycles. The van der Waals surface area contributed by atoms with E-state index in [1.807, 2.05) is 0 Å². The molecule has 0 amide bonds. The minimum atomic E-state index is 0.0492. The topological polar surface area (TPSA) is 17.1 Å². The third-order valence-corrected chi connectivity index (χ3v) is 2.81. The average Bonchev–Trinajstić information content (AvgIpc) is 2.31. The summed E-state index contributed by atoms with van der Waals surface area (Å²) in [4.78, 5) is 12.4. The second kappa shape index (κ2) is 3.81. The number of carbonyl (C=O) groups excluding carboxylic acids is 1. The minimum absolute atomic E-state index is 0.0492. The van der Waals surface area contributed by atoms with Crippen LogP contribution in [0.1, 0.15) is 36.9 Å². The van der Waals surface area contributed by atoms with Gasteiger partial charge in [0.15, 0.2) is 5.78 Å². The second-order valence-corrected chi connectivity index (χ2v) is 5.98. The Labute approximate surface area is 87.7 Å². The van der Waals surface area contributed by atoms with E-state index < -0.39 is 0 Å². The average molecular weight is 217 g/mol. The Balaban J connectivity index is 2.70. The van der Waals surface area contributed by atoms with Gasteiger partial charge in [-0.15, -0.1) is 11.3 Å². The number of carbonyl (C=O) groups is 1. The molecule has 1 nitrogen and oxygen atoms in total. The summed E-state index contributed by atoms with van der Waals surface area (Å²) in [5.74, 6) is 0.185. The lowest BCUT2D eigenvalue weighted by Gasteiger charge is -2.15. The highest BCUT2D eigenvalue weighted by atomic mass is 35.5. The van der Waals surface area contributed by atoms with Gasteiger partial charge in [0.25, 0.3) is 0 Å². The lowest BCUT2D eigenvalue weighted by Crippen LogP contribution is -2.11. The first kappa shape index (κ1) is 10.7. The molecule has 0 spiro atoms. The van der Waals surface area contributed by atoms with Crippen molar-refractivity contribution in [3.63, 3.8) is 0 Å². The third-order valence-electron chi connectivity index (χ3n) is 1.54. The first-order valence-corrected chi connectivity index (χ1v) is 5.36. The predicted octanol–water partition coefficient (Wildman–Crippen LogP) is 4.02. The van der Waals surface area contributed by atoms with Crippen LogP contribution in [0.25, 0.3) is 0 Å². The van der Waals surface area contributed by atoms with Crippen LogP contribution in [-0.2, 0) is 0 Å². The Morgan fingerprint density at radius 1 is 1.46 bits per heavy atom. The van der Waals surface area contributed by atoms with Crippen LogP contribution in [0.2, 0.25) is 4.34 Å². The third kappa shape index (κ3) is 3.49. The van der Waals surface area contributed by atoms with Crippen molar-refractivity contribution in [3.05, 3.63) is 21.3 Å². The van der Waals surface area contributed by atoms with E-state index in [1.165, 1.54) is 11.3 Å². The lowest BCUT2D eigenvalue weighted by atomic mass is 9.90. The molecule has 0 aliphatic carbocycles. The summed E-state index contributed by atoms with van der Waals surface area (Å²) in [5, 5.41) is 0. The summed E-state index contributed by atoms with van der Waals surface area (Å²) in [6.45, 7) is 6.17. The molecule has 3 heteroatoms. The first-order chi connectivity index (χ1) is 5.88. The number of halogens is 1.